The van der Waals surface area contributed by atoms with Crippen molar-refractivity contribution in [3.05, 3.63) is 35.9 Å². The average molecular weight is 244 g/mol. The molecule has 0 saturated heterocycles. The van der Waals surface area contributed by atoms with Gasteiger partial charge in [0.15, 0.2) is 0 Å². The first-order valence-corrected chi connectivity index (χ1v) is 6.75. The zero-order valence-electron chi connectivity index (χ0n) is 11.1. The summed E-state index contributed by atoms with van der Waals surface area (Å²) in [6, 6.07) is 0.427. The van der Waals surface area contributed by atoms with Gasteiger partial charge in [0.25, 0.3) is 0 Å². The van der Waals surface area contributed by atoms with Crippen LogP contribution in [0.25, 0.3) is 0 Å². The summed E-state index contributed by atoms with van der Waals surface area (Å²) in [5.41, 5.74) is 2.54. The summed E-state index contributed by atoms with van der Waals surface area (Å²) >= 11 is 0. The molecule has 0 atom stereocenters. The van der Waals surface area contributed by atoms with Crippen molar-refractivity contribution in [1.29, 1.82) is 0 Å². The van der Waals surface area contributed by atoms with Crippen LogP contribution in [0.5, 0.6) is 0 Å². The van der Waals surface area contributed by atoms with Gasteiger partial charge in [0.2, 0.25) is 0 Å². The molecule has 0 aliphatic heterocycles. The molecule has 1 aliphatic rings. The van der Waals surface area contributed by atoms with E-state index in [-0.39, 0.29) is 0 Å². The molecule has 0 radical (unpaired) electrons. The molecule has 96 valence electrons. The lowest BCUT2D eigenvalue weighted by Gasteiger charge is -2.02. The van der Waals surface area contributed by atoms with E-state index in [2.05, 4.69) is 41.1 Å². The summed E-state index contributed by atoms with van der Waals surface area (Å²) < 4.78 is 4.09. The highest BCUT2D eigenvalue weighted by molar-refractivity contribution is 5.18. The highest BCUT2D eigenvalue weighted by Gasteiger charge is 2.21. The van der Waals surface area contributed by atoms with Crippen molar-refractivity contribution in [2.75, 3.05) is 0 Å². The minimum atomic E-state index is 0.427. The molecule has 2 aromatic heterocycles. The number of nitrogens with zero attached hydrogens (tertiary/aromatic N) is 4. The van der Waals surface area contributed by atoms with Crippen molar-refractivity contribution < 1.29 is 0 Å². The van der Waals surface area contributed by atoms with Gasteiger partial charge in [0.05, 0.1) is 12.4 Å². The van der Waals surface area contributed by atoms with Crippen molar-refractivity contribution in [3.63, 3.8) is 0 Å². The third-order valence-electron chi connectivity index (χ3n) is 3.42. The molecule has 0 amide bonds. The quantitative estimate of drug-likeness (QED) is 0.810. The molecule has 2 heterocycles. The standard InChI is InChI=1S/C14H20N4/c1-11(2)18-10-14(7-16-18)5-13-6-15-17(9-13)8-12-3-4-12/h6-7,9-12H,3-5,8H2,1-2H3. The molecule has 1 saturated carbocycles. The van der Waals surface area contributed by atoms with Crippen LogP contribution >= 0.6 is 0 Å². The fourth-order valence-corrected chi connectivity index (χ4v) is 2.15. The van der Waals surface area contributed by atoms with E-state index in [1.807, 2.05) is 17.1 Å². The summed E-state index contributed by atoms with van der Waals surface area (Å²) in [6.07, 6.45) is 11.9. The number of aromatic nitrogens is 4. The van der Waals surface area contributed by atoms with E-state index in [1.54, 1.807) is 0 Å². The first-order valence-electron chi connectivity index (χ1n) is 6.75. The summed E-state index contributed by atoms with van der Waals surface area (Å²) in [7, 11) is 0. The minimum absolute atomic E-state index is 0.427. The molecule has 1 aliphatic carbocycles. The number of hydrogen-bond donors (Lipinski definition) is 0. The normalized spacial score (nSPS) is 15.5. The first-order chi connectivity index (χ1) is 8.70. The third kappa shape index (κ3) is 2.63. The topological polar surface area (TPSA) is 35.6 Å². The Morgan fingerprint density at radius 2 is 1.89 bits per heavy atom. The van der Waals surface area contributed by atoms with Crippen LogP contribution in [0.15, 0.2) is 24.8 Å². The van der Waals surface area contributed by atoms with Crippen molar-refractivity contribution in [2.45, 2.75) is 45.7 Å². The van der Waals surface area contributed by atoms with Crippen LogP contribution in [0, 0.1) is 5.92 Å². The van der Waals surface area contributed by atoms with Crippen LogP contribution in [0.4, 0.5) is 0 Å². The van der Waals surface area contributed by atoms with Crippen LogP contribution in [-0.4, -0.2) is 19.6 Å². The Bertz CT molecular complexity index is 519. The van der Waals surface area contributed by atoms with Gasteiger partial charge in [-0.25, -0.2) is 0 Å². The molecule has 0 aromatic carbocycles. The molecule has 0 spiro atoms. The molecule has 0 N–H and O–H groups in total. The zero-order valence-corrected chi connectivity index (χ0v) is 11.1. The molecule has 2 aromatic rings. The maximum atomic E-state index is 4.42. The van der Waals surface area contributed by atoms with Crippen molar-refractivity contribution in [3.8, 4) is 0 Å². The van der Waals surface area contributed by atoms with Gasteiger partial charge in [-0.15, -0.1) is 0 Å². The fraction of sp³-hybridized carbons (Fsp3) is 0.571. The monoisotopic (exact) mass is 244 g/mol. The molecular formula is C14H20N4. The van der Waals surface area contributed by atoms with Gasteiger partial charge in [-0.1, -0.05) is 0 Å². The summed E-state index contributed by atoms with van der Waals surface area (Å²) in [6.45, 7) is 5.38. The first kappa shape index (κ1) is 11.5. The van der Waals surface area contributed by atoms with Crippen molar-refractivity contribution in [2.24, 2.45) is 5.92 Å². The lowest BCUT2D eigenvalue weighted by Crippen LogP contribution is -2.00. The molecular weight excluding hydrogens is 224 g/mol. The van der Waals surface area contributed by atoms with Crippen molar-refractivity contribution in [1.82, 2.24) is 19.6 Å². The second-order valence-corrected chi connectivity index (χ2v) is 5.61. The summed E-state index contributed by atoms with van der Waals surface area (Å²) in [5, 5.41) is 8.79. The maximum Gasteiger partial charge on any atom is 0.0525 e. The van der Waals surface area contributed by atoms with E-state index in [1.165, 1.54) is 24.0 Å². The zero-order chi connectivity index (χ0) is 12.5. The Labute approximate surface area is 108 Å². The molecule has 3 rings (SSSR count). The second kappa shape index (κ2) is 4.59. The van der Waals surface area contributed by atoms with Crippen LogP contribution in [0.3, 0.4) is 0 Å². The lowest BCUT2D eigenvalue weighted by molar-refractivity contribution is 0.532. The van der Waals surface area contributed by atoms with Crippen LogP contribution in [0.1, 0.15) is 43.9 Å². The Hall–Kier alpha value is -1.58. The van der Waals surface area contributed by atoms with Gasteiger partial charge in [-0.3, -0.25) is 9.36 Å². The predicted molar refractivity (Wildman–Crippen MR) is 70.4 cm³/mol. The molecule has 1 fully saturated rings. The highest BCUT2D eigenvalue weighted by Crippen LogP contribution is 2.30. The largest absolute Gasteiger partial charge is 0.272 e. The van der Waals surface area contributed by atoms with Gasteiger partial charge in [-0.05, 0) is 43.7 Å². The highest BCUT2D eigenvalue weighted by atomic mass is 15.3. The summed E-state index contributed by atoms with van der Waals surface area (Å²) in [4.78, 5) is 0. The van der Waals surface area contributed by atoms with E-state index in [4.69, 9.17) is 0 Å². The Morgan fingerprint density at radius 3 is 2.56 bits per heavy atom. The van der Waals surface area contributed by atoms with Crippen LogP contribution in [-0.2, 0) is 13.0 Å². The minimum Gasteiger partial charge on any atom is -0.272 e. The van der Waals surface area contributed by atoms with E-state index in [0.29, 0.717) is 6.04 Å². The van der Waals surface area contributed by atoms with E-state index in [9.17, 15) is 0 Å². The van der Waals surface area contributed by atoms with E-state index >= 15 is 0 Å². The maximum absolute atomic E-state index is 4.42. The van der Waals surface area contributed by atoms with Crippen LogP contribution in [0.2, 0.25) is 0 Å². The third-order valence-corrected chi connectivity index (χ3v) is 3.42. The van der Waals surface area contributed by atoms with Crippen molar-refractivity contribution >= 4 is 0 Å². The predicted octanol–water partition coefficient (Wildman–Crippen LogP) is 2.66. The van der Waals surface area contributed by atoms with E-state index in [0.717, 1.165) is 18.9 Å². The number of hydrogen-bond acceptors (Lipinski definition) is 2. The molecule has 4 heteroatoms. The van der Waals surface area contributed by atoms with Gasteiger partial charge in [0.1, 0.15) is 0 Å². The Morgan fingerprint density at radius 1 is 1.17 bits per heavy atom. The summed E-state index contributed by atoms with van der Waals surface area (Å²) in [5.74, 6) is 0.876. The van der Waals surface area contributed by atoms with Gasteiger partial charge < -0.3 is 0 Å². The SMILES string of the molecule is CC(C)n1cc(Cc2cnn(CC3CC3)c2)cn1. The Kier molecular flexibility index (Phi) is 2.94. The second-order valence-electron chi connectivity index (χ2n) is 5.61. The van der Waals surface area contributed by atoms with Gasteiger partial charge in [-0.2, -0.15) is 10.2 Å². The van der Waals surface area contributed by atoms with Gasteiger partial charge >= 0.3 is 0 Å². The average Bonchev–Trinajstić information content (AvgIpc) is 2.85. The fourth-order valence-electron chi connectivity index (χ4n) is 2.15. The molecule has 0 bridgehead atoms. The molecule has 4 nitrogen and oxygen atoms in total. The van der Waals surface area contributed by atoms with E-state index < -0.39 is 0 Å². The smallest absolute Gasteiger partial charge is 0.0525 e. The van der Waals surface area contributed by atoms with Crippen LogP contribution < -0.4 is 0 Å². The molecule has 0 unspecified atom stereocenters. The lowest BCUT2D eigenvalue weighted by atomic mass is 10.2. The molecule has 18 heavy (non-hydrogen) atoms. The Balaban J connectivity index is 1.65. The number of rotatable bonds is 5. The van der Waals surface area contributed by atoms with Gasteiger partial charge in [0, 0.05) is 31.4 Å².